The number of nitrogens with one attached hydrogen (secondary N) is 1. The number of carbonyl (C=O) groups is 1. The summed E-state index contributed by atoms with van der Waals surface area (Å²) in [6.07, 6.45) is 0.330. The van der Waals surface area contributed by atoms with E-state index in [9.17, 15) is 9.18 Å². The van der Waals surface area contributed by atoms with E-state index in [4.69, 9.17) is 0 Å². The Balaban J connectivity index is 2.60. The number of hydrogen-bond donors (Lipinski definition) is 1. The number of ether oxygens (including phenoxy) is 1. The molecule has 0 atom stereocenters. The van der Waals surface area contributed by atoms with Crippen LogP contribution >= 0.6 is 11.8 Å². The quantitative estimate of drug-likeness (QED) is 0.591. The highest BCUT2D eigenvalue weighted by Crippen LogP contribution is 2.25. The molecule has 0 spiro atoms. The summed E-state index contributed by atoms with van der Waals surface area (Å²) in [5.74, 6) is 0.669. The molecule has 3 nitrogen and oxygen atoms in total. The number of benzene rings is 1. The van der Waals surface area contributed by atoms with Crippen LogP contribution < -0.4 is 5.32 Å². The first-order valence-electron chi connectivity index (χ1n) is 6.72. The summed E-state index contributed by atoms with van der Waals surface area (Å²) in [6.45, 7) is 5.58. The summed E-state index contributed by atoms with van der Waals surface area (Å²) >= 11 is 1.48. The van der Waals surface area contributed by atoms with Crippen molar-refractivity contribution in [3.8, 4) is 0 Å². The molecule has 0 saturated heterocycles. The van der Waals surface area contributed by atoms with Gasteiger partial charge < -0.3 is 10.1 Å². The summed E-state index contributed by atoms with van der Waals surface area (Å²) in [5.41, 5.74) is 0.669. The van der Waals surface area contributed by atoms with Gasteiger partial charge in [-0.25, -0.2) is 4.39 Å². The fraction of sp³-hybridized carbons (Fsp3) is 0.533. The standard InChI is InChI=1S/C15H22FNO2S/c1-11(2)9-17-10-12-13(16)5-4-6-14(12)20-8-7-15(18)19-3/h4-6,11,17H,7-10H2,1-3H3. The Bertz CT molecular complexity index is 438. The first kappa shape index (κ1) is 17.0. The zero-order valence-corrected chi connectivity index (χ0v) is 13.1. The van der Waals surface area contributed by atoms with Crippen molar-refractivity contribution in [2.75, 3.05) is 19.4 Å². The first-order chi connectivity index (χ1) is 9.54. The Hall–Kier alpha value is -1.07. The Morgan fingerprint density at radius 3 is 2.85 bits per heavy atom. The van der Waals surface area contributed by atoms with Crippen molar-refractivity contribution in [2.45, 2.75) is 31.7 Å². The molecule has 112 valence electrons. The predicted molar refractivity (Wildman–Crippen MR) is 80.3 cm³/mol. The van der Waals surface area contributed by atoms with Crippen LogP contribution in [0.4, 0.5) is 4.39 Å². The van der Waals surface area contributed by atoms with Crippen LogP contribution in [0.3, 0.4) is 0 Å². The van der Waals surface area contributed by atoms with Crippen LogP contribution in [0.15, 0.2) is 23.1 Å². The molecular formula is C15H22FNO2S. The SMILES string of the molecule is COC(=O)CCSc1cccc(F)c1CNCC(C)C. The fourth-order valence-electron chi connectivity index (χ4n) is 1.68. The summed E-state index contributed by atoms with van der Waals surface area (Å²) in [6, 6.07) is 5.05. The van der Waals surface area contributed by atoms with Crippen LogP contribution in [-0.4, -0.2) is 25.4 Å². The maximum Gasteiger partial charge on any atom is 0.306 e. The van der Waals surface area contributed by atoms with Crippen molar-refractivity contribution in [2.24, 2.45) is 5.92 Å². The van der Waals surface area contributed by atoms with E-state index < -0.39 is 0 Å². The van der Waals surface area contributed by atoms with Gasteiger partial charge in [0.25, 0.3) is 0 Å². The van der Waals surface area contributed by atoms with Crippen LogP contribution in [0.25, 0.3) is 0 Å². The lowest BCUT2D eigenvalue weighted by Gasteiger charge is -2.12. The number of esters is 1. The van der Waals surface area contributed by atoms with Crippen molar-refractivity contribution in [3.63, 3.8) is 0 Å². The second-order valence-electron chi connectivity index (χ2n) is 4.92. The summed E-state index contributed by atoms with van der Waals surface area (Å²) < 4.78 is 18.5. The fourth-order valence-corrected chi connectivity index (χ4v) is 2.69. The van der Waals surface area contributed by atoms with Crippen molar-refractivity contribution in [3.05, 3.63) is 29.6 Å². The Morgan fingerprint density at radius 1 is 1.45 bits per heavy atom. The summed E-state index contributed by atoms with van der Waals surface area (Å²) in [5, 5.41) is 3.25. The normalized spacial score (nSPS) is 10.8. The molecule has 0 radical (unpaired) electrons. The molecular weight excluding hydrogens is 277 g/mol. The van der Waals surface area contributed by atoms with Crippen LogP contribution in [0.5, 0.6) is 0 Å². The van der Waals surface area contributed by atoms with Crippen LogP contribution in [-0.2, 0) is 16.1 Å². The average Bonchev–Trinajstić information content (AvgIpc) is 2.41. The van der Waals surface area contributed by atoms with Crippen molar-refractivity contribution < 1.29 is 13.9 Å². The van der Waals surface area contributed by atoms with Gasteiger partial charge in [0.15, 0.2) is 0 Å². The second-order valence-corrected chi connectivity index (χ2v) is 6.05. The first-order valence-corrected chi connectivity index (χ1v) is 7.71. The third kappa shape index (κ3) is 5.92. The number of rotatable bonds is 8. The Morgan fingerprint density at radius 2 is 2.20 bits per heavy atom. The molecule has 20 heavy (non-hydrogen) atoms. The van der Waals surface area contributed by atoms with E-state index in [-0.39, 0.29) is 11.8 Å². The molecule has 0 saturated carbocycles. The molecule has 0 aliphatic carbocycles. The second kappa shape index (κ2) is 8.97. The van der Waals surface area contributed by atoms with E-state index in [0.29, 0.717) is 30.2 Å². The number of halogens is 1. The molecule has 1 aromatic carbocycles. The minimum Gasteiger partial charge on any atom is -0.469 e. The third-order valence-electron chi connectivity index (χ3n) is 2.72. The highest BCUT2D eigenvalue weighted by Gasteiger charge is 2.10. The van der Waals surface area contributed by atoms with Crippen LogP contribution in [0.2, 0.25) is 0 Å². The molecule has 1 aromatic rings. The molecule has 0 bridgehead atoms. The van der Waals surface area contributed by atoms with E-state index in [1.807, 2.05) is 6.07 Å². The number of methoxy groups -OCH3 is 1. The van der Waals surface area contributed by atoms with Crippen LogP contribution in [0.1, 0.15) is 25.8 Å². The Labute approximate surface area is 124 Å². The van der Waals surface area contributed by atoms with Gasteiger partial charge in [0, 0.05) is 22.8 Å². The zero-order chi connectivity index (χ0) is 15.0. The summed E-state index contributed by atoms with van der Waals surface area (Å²) in [4.78, 5) is 12.0. The zero-order valence-electron chi connectivity index (χ0n) is 12.2. The molecule has 0 aromatic heterocycles. The highest BCUT2D eigenvalue weighted by molar-refractivity contribution is 7.99. The van der Waals surface area contributed by atoms with Gasteiger partial charge in [0.05, 0.1) is 13.5 Å². The monoisotopic (exact) mass is 299 g/mol. The molecule has 0 fully saturated rings. The van der Waals surface area contributed by atoms with E-state index in [1.54, 1.807) is 6.07 Å². The van der Waals surface area contributed by atoms with Gasteiger partial charge in [0.2, 0.25) is 0 Å². The maximum absolute atomic E-state index is 13.9. The smallest absolute Gasteiger partial charge is 0.306 e. The number of thioether (sulfide) groups is 1. The van der Waals surface area contributed by atoms with Crippen molar-refractivity contribution in [1.82, 2.24) is 5.32 Å². The molecule has 1 rings (SSSR count). The molecule has 0 heterocycles. The largest absolute Gasteiger partial charge is 0.469 e. The molecule has 0 unspecified atom stereocenters. The molecule has 1 N–H and O–H groups in total. The molecule has 5 heteroatoms. The van der Waals surface area contributed by atoms with Gasteiger partial charge in [-0.2, -0.15) is 0 Å². The van der Waals surface area contributed by atoms with Gasteiger partial charge in [-0.15, -0.1) is 11.8 Å². The maximum atomic E-state index is 13.9. The van der Waals surface area contributed by atoms with Crippen molar-refractivity contribution >= 4 is 17.7 Å². The van der Waals surface area contributed by atoms with Gasteiger partial charge in [-0.1, -0.05) is 19.9 Å². The average molecular weight is 299 g/mol. The Kier molecular flexibility index (Phi) is 7.62. The summed E-state index contributed by atoms with van der Waals surface area (Å²) in [7, 11) is 1.37. The molecule has 0 aliphatic heterocycles. The third-order valence-corrected chi connectivity index (χ3v) is 3.82. The molecule has 0 amide bonds. The number of carbonyl (C=O) groups excluding carboxylic acids is 1. The van der Waals surface area contributed by atoms with Crippen LogP contribution in [0, 0.1) is 11.7 Å². The van der Waals surface area contributed by atoms with Gasteiger partial charge in [0.1, 0.15) is 5.82 Å². The van der Waals surface area contributed by atoms with E-state index in [1.165, 1.54) is 24.9 Å². The van der Waals surface area contributed by atoms with E-state index in [0.717, 1.165) is 11.4 Å². The lowest BCUT2D eigenvalue weighted by atomic mass is 10.2. The van der Waals surface area contributed by atoms with Gasteiger partial charge >= 0.3 is 5.97 Å². The van der Waals surface area contributed by atoms with Gasteiger partial charge in [-0.05, 0) is 24.6 Å². The highest BCUT2D eigenvalue weighted by atomic mass is 32.2. The lowest BCUT2D eigenvalue weighted by Crippen LogP contribution is -2.20. The van der Waals surface area contributed by atoms with Gasteiger partial charge in [-0.3, -0.25) is 4.79 Å². The predicted octanol–water partition coefficient (Wildman–Crippen LogP) is 3.23. The lowest BCUT2D eigenvalue weighted by molar-refractivity contribution is -0.140. The van der Waals surface area contributed by atoms with E-state index >= 15 is 0 Å². The minimum absolute atomic E-state index is 0.204. The van der Waals surface area contributed by atoms with Crippen molar-refractivity contribution in [1.29, 1.82) is 0 Å². The van der Waals surface area contributed by atoms with E-state index in [2.05, 4.69) is 23.9 Å². The molecule has 0 aliphatic rings. The number of hydrogen-bond acceptors (Lipinski definition) is 4. The minimum atomic E-state index is -0.242. The topological polar surface area (TPSA) is 38.3 Å².